The van der Waals surface area contributed by atoms with Gasteiger partial charge >= 0.3 is 0 Å². The van der Waals surface area contributed by atoms with Gasteiger partial charge in [-0.15, -0.1) is 0 Å². The van der Waals surface area contributed by atoms with Crippen LogP contribution in [0.25, 0.3) is 6.08 Å². The number of aromatic nitrogens is 1. The molecule has 0 unspecified atom stereocenters. The summed E-state index contributed by atoms with van der Waals surface area (Å²) in [5.41, 5.74) is 8.02. The van der Waals surface area contributed by atoms with Crippen molar-refractivity contribution >= 4 is 41.2 Å². The lowest BCUT2D eigenvalue weighted by Gasteiger charge is -2.29. The Morgan fingerprint density at radius 1 is 1.29 bits per heavy atom. The smallest absolute Gasteiger partial charge is 0.177 e. The van der Waals surface area contributed by atoms with Crippen molar-refractivity contribution in [2.24, 2.45) is 21.9 Å². The minimum Gasteiger partial charge on any atom is -0.383 e. The van der Waals surface area contributed by atoms with E-state index in [9.17, 15) is 0 Å². The van der Waals surface area contributed by atoms with Gasteiger partial charge in [-0.1, -0.05) is 17.7 Å². The fourth-order valence-electron chi connectivity index (χ4n) is 3.27. The number of rotatable bonds is 6. The number of hydrazine groups is 1. The summed E-state index contributed by atoms with van der Waals surface area (Å²) in [6.45, 7) is 3.35. The lowest BCUT2D eigenvalue weighted by molar-refractivity contribution is 0.0506. The van der Waals surface area contributed by atoms with Crippen LogP contribution in [0, 0.1) is 0 Å². The molecule has 0 spiro atoms. The first-order chi connectivity index (χ1) is 15.0. The molecule has 2 heterocycles. The Kier molecular flexibility index (Phi) is 7.82. The molecule has 1 aromatic carbocycles. The molecule has 164 valence electrons. The van der Waals surface area contributed by atoms with Crippen molar-refractivity contribution in [3.05, 3.63) is 58.9 Å². The molecule has 0 amide bonds. The van der Waals surface area contributed by atoms with E-state index < -0.39 is 0 Å². The van der Waals surface area contributed by atoms with Crippen molar-refractivity contribution in [2.75, 3.05) is 24.0 Å². The van der Waals surface area contributed by atoms with Gasteiger partial charge in [-0.3, -0.25) is 10.0 Å². The van der Waals surface area contributed by atoms with Crippen LogP contribution in [-0.2, 0) is 4.74 Å². The molecule has 0 radical (unpaired) electrons. The average molecular weight is 443 g/mol. The third-order valence-corrected chi connectivity index (χ3v) is 5.09. The summed E-state index contributed by atoms with van der Waals surface area (Å²) in [6.07, 6.45) is 9.10. The number of hydrogen-bond donors (Lipinski definition) is 3. The number of benzene rings is 1. The molecule has 0 saturated carbocycles. The van der Waals surface area contributed by atoms with Crippen LogP contribution in [0.5, 0.6) is 0 Å². The third kappa shape index (κ3) is 5.72. The number of hydrazone groups is 2. The molecule has 3 rings (SSSR count). The first-order valence-corrected chi connectivity index (χ1v) is 10.3. The largest absolute Gasteiger partial charge is 0.383 e. The van der Waals surface area contributed by atoms with Gasteiger partial charge < -0.3 is 16.3 Å². The molecule has 1 saturated heterocycles. The molecule has 31 heavy (non-hydrogen) atoms. The number of ether oxygens (including phenoxy) is 1. The number of nitrogen functional groups attached to an aromatic ring is 1. The van der Waals surface area contributed by atoms with Crippen LogP contribution in [0.4, 0.5) is 11.5 Å². The van der Waals surface area contributed by atoms with Crippen LogP contribution < -0.4 is 22.4 Å². The van der Waals surface area contributed by atoms with Gasteiger partial charge in [0.1, 0.15) is 5.82 Å². The predicted octanol–water partition coefficient (Wildman–Crippen LogP) is 2.78. The highest BCUT2D eigenvalue weighted by Gasteiger charge is 2.19. The van der Waals surface area contributed by atoms with Gasteiger partial charge in [-0.05, 0) is 55.7 Å². The summed E-state index contributed by atoms with van der Waals surface area (Å²) in [7, 11) is 0. The maximum absolute atomic E-state index is 6.25. The molecular weight excluding hydrogens is 416 g/mol. The Morgan fingerprint density at radius 2 is 2.06 bits per heavy atom. The van der Waals surface area contributed by atoms with Crippen molar-refractivity contribution in [3.63, 3.8) is 0 Å². The molecular formula is C21H27ClN8O. The highest BCUT2D eigenvalue weighted by atomic mass is 35.5. The average Bonchev–Trinajstić information content (AvgIpc) is 2.79. The third-order valence-electron chi connectivity index (χ3n) is 4.85. The van der Waals surface area contributed by atoms with Crippen molar-refractivity contribution in [1.82, 2.24) is 9.99 Å². The van der Waals surface area contributed by atoms with Gasteiger partial charge in [0.25, 0.3) is 0 Å². The van der Waals surface area contributed by atoms with Gasteiger partial charge in [0.15, 0.2) is 5.84 Å². The van der Waals surface area contributed by atoms with Crippen LogP contribution in [0.15, 0.2) is 52.9 Å². The van der Waals surface area contributed by atoms with Crippen LogP contribution in [0.1, 0.15) is 30.9 Å². The van der Waals surface area contributed by atoms with Gasteiger partial charge in [0.2, 0.25) is 0 Å². The quantitative estimate of drug-likeness (QED) is 0.271. The van der Waals surface area contributed by atoms with Crippen LogP contribution in [0.3, 0.4) is 0 Å². The minimum atomic E-state index is 0.256. The highest BCUT2D eigenvalue weighted by molar-refractivity contribution is 6.31. The number of hydrogen-bond acceptors (Lipinski definition) is 8. The van der Waals surface area contributed by atoms with Crippen molar-refractivity contribution in [2.45, 2.75) is 25.8 Å². The predicted molar refractivity (Wildman–Crippen MR) is 126 cm³/mol. The molecule has 0 atom stereocenters. The Labute approximate surface area is 186 Å². The fraction of sp³-hybridized carbons (Fsp3) is 0.286. The van der Waals surface area contributed by atoms with Crippen LogP contribution in [0.2, 0.25) is 5.02 Å². The summed E-state index contributed by atoms with van der Waals surface area (Å²) in [5.74, 6) is 12.4. The van der Waals surface area contributed by atoms with E-state index in [1.54, 1.807) is 36.7 Å². The second-order valence-corrected chi connectivity index (χ2v) is 7.35. The summed E-state index contributed by atoms with van der Waals surface area (Å²) in [6, 6.07) is 9.14. The lowest BCUT2D eigenvalue weighted by Crippen LogP contribution is -2.39. The molecule has 1 aliphatic heterocycles. The van der Waals surface area contributed by atoms with E-state index in [0.29, 0.717) is 16.3 Å². The Morgan fingerprint density at radius 3 is 2.74 bits per heavy atom. The van der Waals surface area contributed by atoms with Crippen molar-refractivity contribution < 1.29 is 4.74 Å². The van der Waals surface area contributed by atoms with E-state index in [4.69, 9.17) is 33.8 Å². The molecule has 0 bridgehead atoms. The monoisotopic (exact) mass is 442 g/mol. The van der Waals surface area contributed by atoms with E-state index in [2.05, 4.69) is 15.2 Å². The second kappa shape index (κ2) is 10.8. The van der Waals surface area contributed by atoms with Gasteiger partial charge in [-0.25, -0.2) is 10.8 Å². The zero-order valence-corrected chi connectivity index (χ0v) is 18.1. The SMILES string of the molecule is C/C=N\N(/C=C/c1cnc(N)c(/C(=N/N)N(N)c2cccc(Cl)c2)c1)C1CCOCC1. The van der Waals surface area contributed by atoms with E-state index in [0.717, 1.165) is 31.6 Å². The maximum Gasteiger partial charge on any atom is 0.177 e. The number of pyridine rings is 1. The minimum absolute atomic E-state index is 0.256. The molecule has 0 aliphatic carbocycles. The molecule has 6 N–H and O–H groups in total. The molecule has 1 fully saturated rings. The molecule has 1 aromatic heterocycles. The van der Waals surface area contributed by atoms with E-state index in [1.165, 1.54) is 5.01 Å². The summed E-state index contributed by atoms with van der Waals surface area (Å²) >= 11 is 6.08. The molecule has 2 aromatic rings. The molecule has 10 heteroatoms. The zero-order chi connectivity index (χ0) is 22.2. The Balaban J connectivity index is 1.86. The number of anilines is 2. The standard InChI is InChI=1S/C21H27ClN8O/c1-2-27-29(17-7-10-31-11-8-17)9-6-15-12-19(20(23)26-14-15)21(28-24)30(25)18-5-3-4-16(22)13-18/h2-6,9,12-14,17H,7-8,10-11,24-25H2,1H3,(H2,23,26)/b9-6+,27-2-,28-21-. The summed E-state index contributed by atoms with van der Waals surface area (Å²) < 4.78 is 5.45. The van der Waals surface area contributed by atoms with Gasteiger partial charge in [0.05, 0.1) is 17.3 Å². The Hall–Kier alpha value is -3.14. The van der Waals surface area contributed by atoms with Gasteiger partial charge in [0, 0.05) is 36.8 Å². The number of nitrogens with two attached hydrogens (primary N) is 3. The van der Waals surface area contributed by atoms with E-state index in [-0.39, 0.29) is 17.7 Å². The lowest BCUT2D eigenvalue weighted by atomic mass is 10.1. The summed E-state index contributed by atoms with van der Waals surface area (Å²) in [4.78, 5) is 4.28. The number of halogens is 1. The highest BCUT2D eigenvalue weighted by Crippen LogP contribution is 2.22. The van der Waals surface area contributed by atoms with E-state index in [1.807, 2.05) is 30.3 Å². The summed E-state index contributed by atoms with van der Waals surface area (Å²) in [5, 5.41) is 12.1. The van der Waals surface area contributed by atoms with E-state index >= 15 is 0 Å². The normalized spacial score (nSPS) is 15.6. The maximum atomic E-state index is 6.25. The molecule has 1 aliphatic rings. The molecule has 9 nitrogen and oxygen atoms in total. The topological polar surface area (TPSA) is 131 Å². The zero-order valence-electron chi connectivity index (χ0n) is 17.4. The van der Waals surface area contributed by atoms with Crippen molar-refractivity contribution in [1.29, 1.82) is 0 Å². The first kappa shape index (κ1) is 22.5. The number of amidine groups is 1. The Bertz CT molecular complexity index is 972. The fourth-order valence-corrected chi connectivity index (χ4v) is 3.46. The van der Waals surface area contributed by atoms with Crippen LogP contribution in [-0.4, -0.2) is 41.3 Å². The van der Waals surface area contributed by atoms with Crippen molar-refractivity contribution in [3.8, 4) is 0 Å². The van der Waals surface area contributed by atoms with Crippen LogP contribution >= 0.6 is 11.6 Å². The number of nitrogens with zero attached hydrogens (tertiary/aromatic N) is 5. The second-order valence-electron chi connectivity index (χ2n) is 6.92. The first-order valence-electron chi connectivity index (χ1n) is 9.90. The van der Waals surface area contributed by atoms with Gasteiger partial charge in [-0.2, -0.15) is 10.2 Å².